The summed E-state index contributed by atoms with van der Waals surface area (Å²) >= 11 is 6.03. The zero-order chi connectivity index (χ0) is 12.4. The molecule has 0 saturated heterocycles. The zero-order valence-corrected chi connectivity index (χ0v) is 10.4. The molecule has 1 heterocycles. The number of fused-ring (bicyclic) bond motifs is 1. The molecule has 0 fully saturated rings. The number of benzene rings is 1. The highest BCUT2D eigenvalue weighted by atomic mass is 35.5. The highest BCUT2D eigenvalue weighted by molar-refractivity contribution is 6.35. The van der Waals surface area contributed by atoms with Gasteiger partial charge in [-0.15, -0.1) is 0 Å². The van der Waals surface area contributed by atoms with E-state index in [2.05, 4.69) is 4.98 Å². The molecule has 17 heavy (non-hydrogen) atoms. The molecule has 2 rings (SSSR count). The molecule has 0 unspecified atom stereocenters. The molecule has 0 aliphatic rings. The van der Waals surface area contributed by atoms with E-state index in [1.807, 2.05) is 19.1 Å². The summed E-state index contributed by atoms with van der Waals surface area (Å²) in [7, 11) is 0. The summed E-state index contributed by atoms with van der Waals surface area (Å²) in [6, 6.07) is 5.50. The van der Waals surface area contributed by atoms with Gasteiger partial charge < -0.3 is 4.74 Å². The van der Waals surface area contributed by atoms with Crippen molar-refractivity contribution in [3.05, 3.63) is 40.5 Å². The molecule has 2 aromatic rings. The Bertz CT molecular complexity index is 581. The number of hydrogen-bond donors (Lipinski definition) is 0. The standard InChI is InChI=1S/C13H12ClNO2/c1-3-17-13(16)11-10(14)5-4-9-6-8(2)7-15-12(9)11/h4-7H,3H2,1-2H3. The van der Waals surface area contributed by atoms with Crippen molar-refractivity contribution < 1.29 is 9.53 Å². The molecule has 3 nitrogen and oxygen atoms in total. The van der Waals surface area contributed by atoms with Crippen molar-refractivity contribution in [2.24, 2.45) is 0 Å². The molecule has 4 heteroatoms. The molecule has 0 amide bonds. The molecule has 0 radical (unpaired) electrons. The number of nitrogens with zero attached hydrogens (tertiary/aromatic N) is 1. The Morgan fingerprint density at radius 2 is 2.24 bits per heavy atom. The Labute approximate surface area is 104 Å². The van der Waals surface area contributed by atoms with E-state index in [9.17, 15) is 4.79 Å². The normalized spacial score (nSPS) is 10.5. The highest BCUT2D eigenvalue weighted by Gasteiger charge is 2.16. The first kappa shape index (κ1) is 11.9. The quantitative estimate of drug-likeness (QED) is 0.766. The molecular formula is C13H12ClNO2. The minimum absolute atomic E-state index is 0.317. The van der Waals surface area contributed by atoms with Gasteiger partial charge >= 0.3 is 5.97 Å². The maximum absolute atomic E-state index is 11.8. The predicted molar refractivity (Wildman–Crippen MR) is 67.4 cm³/mol. The summed E-state index contributed by atoms with van der Waals surface area (Å²) in [5.74, 6) is -0.431. The molecule has 0 spiro atoms. The third kappa shape index (κ3) is 2.24. The topological polar surface area (TPSA) is 39.2 Å². The summed E-state index contributed by atoms with van der Waals surface area (Å²) < 4.78 is 4.98. The molecule has 1 aromatic carbocycles. The minimum Gasteiger partial charge on any atom is -0.462 e. The van der Waals surface area contributed by atoms with Gasteiger partial charge in [0.05, 0.1) is 17.1 Å². The van der Waals surface area contributed by atoms with Crippen LogP contribution in [0, 0.1) is 6.92 Å². The average molecular weight is 250 g/mol. The van der Waals surface area contributed by atoms with Gasteiger partial charge in [-0.1, -0.05) is 17.7 Å². The third-order valence-electron chi connectivity index (χ3n) is 2.42. The van der Waals surface area contributed by atoms with E-state index in [1.54, 1.807) is 19.2 Å². The lowest BCUT2D eigenvalue weighted by atomic mass is 10.1. The first-order chi connectivity index (χ1) is 8.13. The van der Waals surface area contributed by atoms with Crippen molar-refractivity contribution in [3.63, 3.8) is 0 Å². The summed E-state index contributed by atoms with van der Waals surface area (Å²) in [6.07, 6.45) is 1.71. The summed E-state index contributed by atoms with van der Waals surface area (Å²) in [5, 5.41) is 1.25. The van der Waals surface area contributed by atoms with Gasteiger partial charge in [0.15, 0.2) is 0 Å². The van der Waals surface area contributed by atoms with Crippen molar-refractivity contribution in [2.75, 3.05) is 6.61 Å². The lowest BCUT2D eigenvalue weighted by Crippen LogP contribution is -2.07. The van der Waals surface area contributed by atoms with E-state index < -0.39 is 5.97 Å². The van der Waals surface area contributed by atoms with Gasteiger partial charge in [-0.25, -0.2) is 4.79 Å². The Morgan fingerprint density at radius 1 is 1.47 bits per heavy atom. The second-order valence-electron chi connectivity index (χ2n) is 3.73. The van der Waals surface area contributed by atoms with Crippen molar-refractivity contribution in [2.45, 2.75) is 13.8 Å². The molecule has 0 bridgehead atoms. The monoisotopic (exact) mass is 249 g/mol. The van der Waals surface area contributed by atoms with Crippen LogP contribution >= 0.6 is 11.6 Å². The van der Waals surface area contributed by atoms with Gasteiger partial charge in [-0.05, 0) is 31.5 Å². The Balaban J connectivity index is 2.67. The van der Waals surface area contributed by atoms with E-state index in [1.165, 1.54) is 0 Å². The van der Waals surface area contributed by atoms with E-state index in [0.29, 0.717) is 22.7 Å². The number of rotatable bonds is 2. The second-order valence-corrected chi connectivity index (χ2v) is 4.13. The first-order valence-electron chi connectivity index (χ1n) is 5.35. The van der Waals surface area contributed by atoms with Crippen LogP contribution in [0.1, 0.15) is 22.8 Å². The van der Waals surface area contributed by atoms with Gasteiger partial charge in [-0.2, -0.15) is 0 Å². The molecule has 0 aliphatic carbocycles. The van der Waals surface area contributed by atoms with Crippen LogP contribution < -0.4 is 0 Å². The van der Waals surface area contributed by atoms with Gasteiger partial charge in [-0.3, -0.25) is 4.98 Å². The molecular weight excluding hydrogens is 238 g/mol. The lowest BCUT2D eigenvalue weighted by Gasteiger charge is -2.07. The van der Waals surface area contributed by atoms with E-state index >= 15 is 0 Å². The number of hydrogen-bond acceptors (Lipinski definition) is 3. The fourth-order valence-electron chi connectivity index (χ4n) is 1.68. The average Bonchev–Trinajstić information content (AvgIpc) is 2.29. The van der Waals surface area contributed by atoms with Crippen LogP contribution in [0.4, 0.5) is 0 Å². The minimum atomic E-state index is -0.431. The number of carbonyl (C=O) groups excluding carboxylic acids is 1. The van der Waals surface area contributed by atoms with Crippen LogP contribution in [0.2, 0.25) is 5.02 Å². The summed E-state index contributed by atoms with van der Waals surface area (Å²) in [6.45, 7) is 4.02. The second kappa shape index (κ2) is 4.72. The number of pyridine rings is 1. The largest absolute Gasteiger partial charge is 0.462 e. The molecule has 0 saturated carbocycles. The van der Waals surface area contributed by atoms with E-state index in [-0.39, 0.29) is 0 Å². The number of ether oxygens (including phenoxy) is 1. The van der Waals surface area contributed by atoms with Gasteiger partial charge in [0, 0.05) is 11.6 Å². The van der Waals surface area contributed by atoms with Crippen LogP contribution in [-0.4, -0.2) is 17.6 Å². The SMILES string of the molecule is CCOC(=O)c1c(Cl)ccc2cc(C)cnc12. The van der Waals surface area contributed by atoms with E-state index in [4.69, 9.17) is 16.3 Å². The molecule has 0 atom stereocenters. The number of carbonyl (C=O) groups is 1. The molecule has 88 valence electrons. The number of halogens is 1. The first-order valence-corrected chi connectivity index (χ1v) is 5.73. The maximum Gasteiger partial charge on any atom is 0.341 e. The van der Waals surface area contributed by atoms with Crippen LogP contribution in [0.25, 0.3) is 10.9 Å². The van der Waals surface area contributed by atoms with Crippen molar-refractivity contribution in [1.29, 1.82) is 0 Å². The fourth-order valence-corrected chi connectivity index (χ4v) is 1.91. The van der Waals surface area contributed by atoms with Gasteiger partial charge in [0.2, 0.25) is 0 Å². The summed E-state index contributed by atoms with van der Waals surface area (Å²) in [4.78, 5) is 16.1. The molecule has 0 N–H and O–H groups in total. The fraction of sp³-hybridized carbons (Fsp3) is 0.231. The van der Waals surface area contributed by atoms with Gasteiger partial charge in [0.25, 0.3) is 0 Å². The smallest absolute Gasteiger partial charge is 0.341 e. The predicted octanol–water partition coefficient (Wildman–Crippen LogP) is 3.37. The van der Waals surface area contributed by atoms with Crippen molar-refractivity contribution >= 4 is 28.5 Å². The zero-order valence-electron chi connectivity index (χ0n) is 9.66. The Morgan fingerprint density at radius 3 is 2.94 bits per heavy atom. The van der Waals surface area contributed by atoms with Crippen LogP contribution in [0.5, 0.6) is 0 Å². The lowest BCUT2D eigenvalue weighted by molar-refractivity contribution is 0.0528. The maximum atomic E-state index is 11.8. The number of esters is 1. The van der Waals surface area contributed by atoms with E-state index in [0.717, 1.165) is 10.9 Å². The number of aromatic nitrogens is 1. The molecule has 1 aromatic heterocycles. The highest BCUT2D eigenvalue weighted by Crippen LogP contribution is 2.25. The Hall–Kier alpha value is -1.61. The van der Waals surface area contributed by atoms with Crippen molar-refractivity contribution in [1.82, 2.24) is 4.98 Å². The van der Waals surface area contributed by atoms with Crippen LogP contribution in [-0.2, 0) is 4.74 Å². The van der Waals surface area contributed by atoms with Crippen LogP contribution in [0.3, 0.4) is 0 Å². The number of aryl methyl sites for hydroxylation is 1. The summed E-state index contributed by atoms with van der Waals surface area (Å²) in [5.41, 5.74) is 1.96. The Kier molecular flexibility index (Phi) is 3.29. The third-order valence-corrected chi connectivity index (χ3v) is 2.73. The van der Waals surface area contributed by atoms with Crippen LogP contribution in [0.15, 0.2) is 24.4 Å². The molecule has 0 aliphatic heterocycles. The van der Waals surface area contributed by atoms with Crippen molar-refractivity contribution in [3.8, 4) is 0 Å². The van der Waals surface area contributed by atoms with Gasteiger partial charge in [0.1, 0.15) is 5.56 Å².